The molecular weight excluding hydrogens is 284 g/mol. The summed E-state index contributed by atoms with van der Waals surface area (Å²) in [7, 11) is 0. The van der Waals surface area contributed by atoms with Crippen LogP contribution in [0, 0.1) is 0 Å². The Bertz CT molecular complexity index is 429. The molecule has 0 radical (unpaired) electrons. The van der Waals surface area contributed by atoms with Crippen LogP contribution in [0.5, 0.6) is 0 Å². The molecule has 0 atom stereocenters. The van der Waals surface area contributed by atoms with Crippen LogP contribution >= 0.6 is 11.6 Å². The summed E-state index contributed by atoms with van der Waals surface area (Å²) in [6.45, 7) is 11.1. The topological polar surface area (TPSA) is 35.5 Å². The Hall–Kier alpha value is -0.770. The van der Waals surface area contributed by atoms with Crippen molar-refractivity contribution >= 4 is 17.3 Å². The Morgan fingerprint density at radius 1 is 1.24 bits per heavy atom. The fourth-order valence-electron chi connectivity index (χ4n) is 2.22. The maximum absolute atomic E-state index is 9.34. The molecule has 120 valence electrons. The molecule has 0 amide bonds. The Morgan fingerprint density at radius 2 is 1.95 bits per heavy atom. The second kappa shape index (κ2) is 8.62. The lowest BCUT2D eigenvalue weighted by atomic mass is 10.1. The molecule has 0 aliphatic rings. The van der Waals surface area contributed by atoms with Crippen LogP contribution in [0.2, 0.25) is 5.02 Å². The van der Waals surface area contributed by atoms with E-state index in [-0.39, 0.29) is 12.1 Å². The van der Waals surface area contributed by atoms with Gasteiger partial charge in [-0.3, -0.25) is 0 Å². The first-order chi connectivity index (χ1) is 9.89. The molecule has 0 saturated carbocycles. The SMILES string of the molecule is CCCCN(CCO)c1c(Cl)cccc1CNC(C)(C)C. The number of para-hydroxylation sites is 1. The number of aliphatic hydroxyl groups excluding tert-OH is 1. The Kier molecular flexibility index (Phi) is 7.50. The number of aliphatic hydroxyl groups is 1. The summed E-state index contributed by atoms with van der Waals surface area (Å²) in [6, 6.07) is 6.02. The van der Waals surface area contributed by atoms with E-state index < -0.39 is 0 Å². The fourth-order valence-corrected chi connectivity index (χ4v) is 2.54. The van der Waals surface area contributed by atoms with Crippen molar-refractivity contribution in [1.82, 2.24) is 5.32 Å². The van der Waals surface area contributed by atoms with E-state index in [1.165, 1.54) is 5.56 Å². The van der Waals surface area contributed by atoms with Gasteiger partial charge in [-0.1, -0.05) is 37.1 Å². The third kappa shape index (κ3) is 6.25. The van der Waals surface area contributed by atoms with Gasteiger partial charge in [0.25, 0.3) is 0 Å². The van der Waals surface area contributed by atoms with Crippen LogP contribution < -0.4 is 10.2 Å². The van der Waals surface area contributed by atoms with E-state index in [9.17, 15) is 5.11 Å². The minimum absolute atomic E-state index is 0.0603. The number of nitrogens with one attached hydrogen (secondary N) is 1. The van der Waals surface area contributed by atoms with E-state index in [1.54, 1.807) is 0 Å². The first kappa shape index (κ1) is 18.3. The Morgan fingerprint density at radius 3 is 2.52 bits per heavy atom. The largest absolute Gasteiger partial charge is 0.395 e. The molecule has 0 bridgehead atoms. The predicted octanol–water partition coefficient (Wildman–Crippen LogP) is 3.83. The molecule has 21 heavy (non-hydrogen) atoms. The zero-order valence-corrected chi connectivity index (χ0v) is 14.5. The van der Waals surface area contributed by atoms with Crippen LogP contribution in [0.1, 0.15) is 46.1 Å². The molecule has 1 aromatic carbocycles. The van der Waals surface area contributed by atoms with E-state index in [4.69, 9.17) is 11.6 Å². The molecule has 0 aromatic heterocycles. The number of benzene rings is 1. The molecule has 0 unspecified atom stereocenters. The molecule has 0 aliphatic heterocycles. The number of hydrogen-bond acceptors (Lipinski definition) is 3. The van der Waals surface area contributed by atoms with Crippen molar-refractivity contribution in [2.45, 2.75) is 52.6 Å². The summed E-state index contributed by atoms with van der Waals surface area (Å²) in [5.74, 6) is 0. The van der Waals surface area contributed by atoms with Crippen LogP contribution in [-0.4, -0.2) is 30.3 Å². The van der Waals surface area contributed by atoms with Crippen LogP contribution in [0.4, 0.5) is 5.69 Å². The van der Waals surface area contributed by atoms with Gasteiger partial charge < -0.3 is 15.3 Å². The highest BCUT2D eigenvalue weighted by Crippen LogP contribution is 2.30. The number of anilines is 1. The van der Waals surface area contributed by atoms with Crippen molar-refractivity contribution in [1.29, 1.82) is 0 Å². The highest BCUT2D eigenvalue weighted by Gasteiger charge is 2.16. The quantitative estimate of drug-likeness (QED) is 0.766. The molecular formula is C17H29ClN2O. The normalized spacial score (nSPS) is 11.7. The third-order valence-electron chi connectivity index (χ3n) is 3.35. The molecule has 0 fully saturated rings. The van der Waals surface area contributed by atoms with Gasteiger partial charge in [0, 0.05) is 25.2 Å². The van der Waals surface area contributed by atoms with E-state index in [0.717, 1.165) is 36.6 Å². The van der Waals surface area contributed by atoms with Gasteiger partial charge in [-0.05, 0) is 38.8 Å². The average molecular weight is 313 g/mol. The van der Waals surface area contributed by atoms with Crippen molar-refractivity contribution in [3.63, 3.8) is 0 Å². The second-order valence-corrected chi connectivity index (χ2v) is 6.82. The monoisotopic (exact) mass is 312 g/mol. The summed E-state index contributed by atoms with van der Waals surface area (Å²) in [6.07, 6.45) is 2.22. The van der Waals surface area contributed by atoms with Crippen LogP contribution in [-0.2, 0) is 6.54 Å². The molecule has 4 heteroatoms. The summed E-state index contributed by atoms with van der Waals surface area (Å²) < 4.78 is 0. The van der Waals surface area contributed by atoms with Gasteiger partial charge in [-0.2, -0.15) is 0 Å². The summed E-state index contributed by atoms with van der Waals surface area (Å²) >= 11 is 6.44. The summed E-state index contributed by atoms with van der Waals surface area (Å²) in [5.41, 5.74) is 2.30. The smallest absolute Gasteiger partial charge is 0.0642 e. The fraction of sp³-hybridized carbons (Fsp3) is 0.647. The van der Waals surface area contributed by atoms with Gasteiger partial charge in [-0.15, -0.1) is 0 Å². The molecule has 3 nitrogen and oxygen atoms in total. The lowest BCUT2D eigenvalue weighted by Gasteiger charge is -2.29. The van der Waals surface area contributed by atoms with E-state index in [1.807, 2.05) is 12.1 Å². The first-order valence-electron chi connectivity index (χ1n) is 7.77. The number of hydrogen-bond donors (Lipinski definition) is 2. The minimum Gasteiger partial charge on any atom is -0.395 e. The third-order valence-corrected chi connectivity index (χ3v) is 3.65. The number of unbranched alkanes of at least 4 members (excludes halogenated alkanes) is 1. The van der Waals surface area contributed by atoms with Crippen molar-refractivity contribution in [2.75, 3.05) is 24.6 Å². The zero-order chi connectivity index (χ0) is 15.9. The zero-order valence-electron chi connectivity index (χ0n) is 13.7. The lowest BCUT2D eigenvalue weighted by molar-refractivity contribution is 0.301. The number of nitrogens with zero attached hydrogens (tertiary/aromatic N) is 1. The summed E-state index contributed by atoms with van der Waals surface area (Å²) in [5, 5.41) is 13.6. The first-order valence-corrected chi connectivity index (χ1v) is 8.15. The molecule has 0 spiro atoms. The van der Waals surface area contributed by atoms with Crippen molar-refractivity contribution in [2.24, 2.45) is 0 Å². The van der Waals surface area contributed by atoms with E-state index in [0.29, 0.717) is 6.54 Å². The maximum atomic E-state index is 9.34. The second-order valence-electron chi connectivity index (χ2n) is 6.42. The molecule has 2 N–H and O–H groups in total. The minimum atomic E-state index is 0.0603. The molecule has 0 aliphatic carbocycles. The van der Waals surface area contributed by atoms with E-state index >= 15 is 0 Å². The van der Waals surface area contributed by atoms with Crippen molar-refractivity contribution < 1.29 is 5.11 Å². The molecule has 0 heterocycles. The highest BCUT2D eigenvalue weighted by molar-refractivity contribution is 6.33. The lowest BCUT2D eigenvalue weighted by Crippen LogP contribution is -2.36. The van der Waals surface area contributed by atoms with Gasteiger partial charge in [-0.25, -0.2) is 0 Å². The standard InChI is InChI=1S/C17H29ClN2O/c1-5-6-10-20(11-12-21)16-14(8-7-9-15(16)18)13-19-17(2,3)4/h7-9,19,21H,5-6,10-13H2,1-4H3. The molecule has 1 aromatic rings. The van der Waals surface area contributed by atoms with Gasteiger partial charge in [0.2, 0.25) is 0 Å². The van der Waals surface area contributed by atoms with Crippen LogP contribution in [0.15, 0.2) is 18.2 Å². The predicted molar refractivity (Wildman–Crippen MR) is 92.3 cm³/mol. The van der Waals surface area contributed by atoms with Gasteiger partial charge in [0.05, 0.1) is 17.3 Å². The average Bonchev–Trinajstić information content (AvgIpc) is 2.41. The van der Waals surface area contributed by atoms with Crippen LogP contribution in [0.3, 0.4) is 0 Å². The number of halogens is 1. The number of rotatable bonds is 8. The maximum Gasteiger partial charge on any atom is 0.0642 e. The molecule has 1 rings (SSSR count). The van der Waals surface area contributed by atoms with Gasteiger partial charge in [0.1, 0.15) is 0 Å². The Balaban J connectivity index is 3.00. The van der Waals surface area contributed by atoms with Crippen LogP contribution in [0.25, 0.3) is 0 Å². The van der Waals surface area contributed by atoms with Crippen molar-refractivity contribution in [3.8, 4) is 0 Å². The van der Waals surface area contributed by atoms with E-state index in [2.05, 4.69) is 44.0 Å². The summed E-state index contributed by atoms with van der Waals surface area (Å²) in [4.78, 5) is 2.20. The molecule has 0 saturated heterocycles. The van der Waals surface area contributed by atoms with Gasteiger partial charge >= 0.3 is 0 Å². The van der Waals surface area contributed by atoms with Crippen molar-refractivity contribution in [3.05, 3.63) is 28.8 Å². The van der Waals surface area contributed by atoms with Gasteiger partial charge in [0.15, 0.2) is 0 Å². The Labute approximate surface area is 134 Å². The highest BCUT2D eigenvalue weighted by atomic mass is 35.5.